The highest BCUT2D eigenvalue weighted by atomic mass is 32.2. The Hall–Kier alpha value is -2.05. The molecule has 0 aliphatic heterocycles. The largest absolute Gasteiger partial charge is 0.496 e. The van der Waals surface area contributed by atoms with Crippen LogP contribution in [0, 0.1) is 0 Å². The van der Waals surface area contributed by atoms with Crippen LogP contribution in [0.2, 0.25) is 0 Å². The fraction of sp³-hybridized carbons (Fsp3) is 0.125. The molecule has 6 heteroatoms. The lowest BCUT2D eigenvalue weighted by atomic mass is 10.1. The molecule has 1 amide bonds. The van der Waals surface area contributed by atoms with Crippen molar-refractivity contribution in [1.29, 1.82) is 0 Å². The van der Waals surface area contributed by atoms with Gasteiger partial charge in [-0.25, -0.2) is 0 Å². The summed E-state index contributed by atoms with van der Waals surface area (Å²) in [5.41, 5.74) is 0.855. The Bertz CT molecular complexity index is 707. The summed E-state index contributed by atoms with van der Waals surface area (Å²) in [6.45, 7) is 0. The highest BCUT2D eigenvalue weighted by Gasteiger charge is 2.11. The first-order valence-corrected chi connectivity index (χ1v) is 7.82. The normalized spacial score (nSPS) is 11.1. The van der Waals surface area contributed by atoms with E-state index in [-0.39, 0.29) is 5.91 Å². The Balaban J connectivity index is 2.34. The van der Waals surface area contributed by atoms with E-state index in [2.05, 4.69) is 5.32 Å². The second kappa shape index (κ2) is 7.82. The standard InChI is InChI=1S/C16H15NO3S2/c1-17-16(18)15(22-10-21)9-11-7-8-14(20-11)12-5-3-4-6-13(12)19-2/h3-10H,1-2H3,(H,17,18)/b15-9+. The number of rotatable bonds is 6. The zero-order chi connectivity index (χ0) is 15.9. The maximum atomic E-state index is 11.8. The summed E-state index contributed by atoms with van der Waals surface area (Å²) in [6.07, 6.45) is 1.66. The molecule has 2 aromatic rings. The number of amides is 1. The van der Waals surface area contributed by atoms with Crippen molar-refractivity contribution in [3.05, 3.63) is 47.1 Å². The van der Waals surface area contributed by atoms with Crippen LogP contribution in [-0.2, 0) is 4.79 Å². The SMILES string of the molecule is CNC(=O)/C(=C\c1ccc(-c2ccccc2OC)o1)SC=S. The maximum absolute atomic E-state index is 11.8. The topological polar surface area (TPSA) is 51.5 Å². The Labute approximate surface area is 138 Å². The van der Waals surface area contributed by atoms with Crippen molar-refractivity contribution in [2.45, 2.75) is 0 Å². The Morgan fingerprint density at radius 1 is 1.32 bits per heavy atom. The smallest absolute Gasteiger partial charge is 0.257 e. The number of methoxy groups -OCH3 is 1. The van der Waals surface area contributed by atoms with E-state index in [0.29, 0.717) is 16.4 Å². The molecule has 1 aromatic carbocycles. The van der Waals surface area contributed by atoms with Crippen molar-refractivity contribution >= 4 is 40.7 Å². The van der Waals surface area contributed by atoms with Crippen LogP contribution in [0.5, 0.6) is 5.75 Å². The molecule has 0 aliphatic rings. The molecule has 22 heavy (non-hydrogen) atoms. The summed E-state index contributed by atoms with van der Waals surface area (Å²) in [6, 6.07) is 11.2. The summed E-state index contributed by atoms with van der Waals surface area (Å²) in [5, 5.41) is 2.57. The molecule has 1 aromatic heterocycles. The van der Waals surface area contributed by atoms with Gasteiger partial charge in [-0.05, 0) is 24.3 Å². The Kier molecular flexibility index (Phi) is 5.80. The number of furan rings is 1. The zero-order valence-corrected chi connectivity index (χ0v) is 13.8. The zero-order valence-electron chi connectivity index (χ0n) is 12.2. The van der Waals surface area contributed by atoms with Crippen LogP contribution in [0.1, 0.15) is 5.76 Å². The van der Waals surface area contributed by atoms with Crippen LogP contribution >= 0.6 is 24.0 Å². The van der Waals surface area contributed by atoms with E-state index in [4.69, 9.17) is 21.4 Å². The fourth-order valence-corrected chi connectivity index (χ4v) is 2.69. The number of hydrogen-bond donors (Lipinski definition) is 1. The number of thioether (sulfide) groups is 1. The van der Waals surface area contributed by atoms with Crippen LogP contribution in [0.25, 0.3) is 17.4 Å². The second-order valence-electron chi connectivity index (χ2n) is 4.20. The number of nitrogens with one attached hydrogen (secondary N) is 1. The molecule has 0 spiro atoms. The molecule has 0 saturated heterocycles. The lowest BCUT2D eigenvalue weighted by Gasteiger charge is -2.05. The van der Waals surface area contributed by atoms with Gasteiger partial charge in [-0.2, -0.15) is 0 Å². The van der Waals surface area contributed by atoms with E-state index in [1.54, 1.807) is 26.3 Å². The van der Waals surface area contributed by atoms with E-state index in [0.717, 1.165) is 11.3 Å². The van der Waals surface area contributed by atoms with Gasteiger partial charge in [0.15, 0.2) is 0 Å². The number of para-hydroxylation sites is 1. The van der Waals surface area contributed by atoms with Gasteiger partial charge in [0.25, 0.3) is 5.91 Å². The van der Waals surface area contributed by atoms with E-state index in [1.165, 1.54) is 16.5 Å². The molecule has 114 valence electrons. The second-order valence-corrected chi connectivity index (χ2v) is 5.65. The van der Waals surface area contributed by atoms with Gasteiger partial charge in [0.2, 0.25) is 0 Å². The van der Waals surface area contributed by atoms with Crippen molar-refractivity contribution in [3.63, 3.8) is 0 Å². The van der Waals surface area contributed by atoms with E-state index < -0.39 is 0 Å². The maximum Gasteiger partial charge on any atom is 0.257 e. The van der Waals surface area contributed by atoms with Crippen LogP contribution in [0.15, 0.2) is 45.7 Å². The molecule has 1 N–H and O–H groups in total. The minimum absolute atomic E-state index is 0.207. The number of thiocarbonyl (C=S) groups is 1. The third kappa shape index (κ3) is 3.78. The van der Waals surface area contributed by atoms with E-state index in [9.17, 15) is 4.79 Å². The van der Waals surface area contributed by atoms with Gasteiger partial charge >= 0.3 is 0 Å². The van der Waals surface area contributed by atoms with Gasteiger partial charge in [-0.3, -0.25) is 4.79 Å². The third-order valence-corrected chi connectivity index (χ3v) is 3.84. The molecule has 2 rings (SSSR count). The molecular weight excluding hydrogens is 318 g/mol. The Morgan fingerprint density at radius 3 is 2.77 bits per heavy atom. The third-order valence-electron chi connectivity index (χ3n) is 2.90. The monoisotopic (exact) mass is 333 g/mol. The predicted octanol–water partition coefficient (Wildman–Crippen LogP) is 3.73. The number of ether oxygens (including phenoxy) is 1. The molecule has 0 unspecified atom stereocenters. The average molecular weight is 333 g/mol. The summed E-state index contributed by atoms with van der Waals surface area (Å²) in [4.78, 5) is 12.2. The van der Waals surface area contributed by atoms with Crippen LogP contribution in [-0.4, -0.2) is 24.8 Å². The summed E-state index contributed by atoms with van der Waals surface area (Å²) < 4.78 is 12.5. The lowest BCUT2D eigenvalue weighted by molar-refractivity contribution is -0.116. The average Bonchev–Trinajstić information content (AvgIpc) is 3.02. The number of carbonyl (C=O) groups is 1. The minimum atomic E-state index is -0.207. The summed E-state index contributed by atoms with van der Waals surface area (Å²) in [7, 11) is 3.19. The fourth-order valence-electron chi connectivity index (χ4n) is 1.88. The van der Waals surface area contributed by atoms with Crippen LogP contribution in [0.4, 0.5) is 0 Å². The molecule has 0 saturated carbocycles. The van der Waals surface area contributed by atoms with Gasteiger partial charge in [0, 0.05) is 17.8 Å². The molecule has 0 atom stereocenters. The molecule has 0 aliphatic carbocycles. The van der Waals surface area contributed by atoms with Crippen molar-refractivity contribution in [2.75, 3.05) is 14.2 Å². The number of likely N-dealkylation sites (N-methyl/N-ethyl adjacent to an activating group) is 1. The molecule has 4 nitrogen and oxygen atoms in total. The number of hydrogen-bond acceptors (Lipinski definition) is 5. The first-order chi connectivity index (χ1) is 10.7. The van der Waals surface area contributed by atoms with Gasteiger partial charge in [0.05, 0.1) is 17.6 Å². The minimum Gasteiger partial charge on any atom is -0.496 e. The highest BCUT2D eigenvalue weighted by Crippen LogP contribution is 2.31. The number of benzene rings is 1. The quantitative estimate of drug-likeness (QED) is 0.645. The van der Waals surface area contributed by atoms with E-state index >= 15 is 0 Å². The first kappa shape index (κ1) is 16.3. The molecule has 0 fully saturated rings. The van der Waals surface area contributed by atoms with Crippen molar-refractivity contribution in [1.82, 2.24) is 5.32 Å². The lowest BCUT2D eigenvalue weighted by Crippen LogP contribution is -2.18. The highest BCUT2D eigenvalue weighted by molar-refractivity contribution is 8.24. The van der Waals surface area contributed by atoms with Crippen LogP contribution in [0.3, 0.4) is 0 Å². The summed E-state index contributed by atoms with van der Waals surface area (Å²) >= 11 is 5.97. The van der Waals surface area contributed by atoms with Crippen molar-refractivity contribution in [2.24, 2.45) is 0 Å². The molecule has 0 bridgehead atoms. The summed E-state index contributed by atoms with van der Waals surface area (Å²) in [5.74, 6) is 1.77. The molecule has 0 radical (unpaired) electrons. The van der Waals surface area contributed by atoms with Gasteiger partial charge < -0.3 is 14.5 Å². The first-order valence-electron chi connectivity index (χ1n) is 6.47. The predicted molar refractivity (Wildman–Crippen MR) is 94.0 cm³/mol. The van der Waals surface area contributed by atoms with Gasteiger partial charge in [0.1, 0.15) is 17.3 Å². The Morgan fingerprint density at radius 2 is 2.09 bits per heavy atom. The molecule has 1 heterocycles. The van der Waals surface area contributed by atoms with Crippen molar-refractivity contribution < 1.29 is 13.9 Å². The van der Waals surface area contributed by atoms with E-state index in [1.807, 2.05) is 30.3 Å². The molecular formula is C16H15NO3S2. The number of carbonyl (C=O) groups excluding carboxylic acids is 1. The van der Waals surface area contributed by atoms with Crippen molar-refractivity contribution in [3.8, 4) is 17.1 Å². The van der Waals surface area contributed by atoms with Gasteiger partial charge in [-0.1, -0.05) is 36.1 Å². The van der Waals surface area contributed by atoms with Gasteiger partial charge in [-0.15, -0.1) is 0 Å². The van der Waals surface area contributed by atoms with Crippen LogP contribution < -0.4 is 10.1 Å².